The molecule has 1 N–H and O–H groups in total. The van der Waals surface area contributed by atoms with Gasteiger partial charge in [0.1, 0.15) is 0 Å². The Labute approximate surface area is 93.2 Å². The van der Waals surface area contributed by atoms with E-state index in [0.29, 0.717) is 17.7 Å². The molecule has 0 radical (unpaired) electrons. The first-order chi connectivity index (χ1) is 7.05. The molecule has 0 saturated carbocycles. The maximum absolute atomic E-state index is 11.8. The first-order valence-corrected chi connectivity index (χ1v) is 5.97. The Morgan fingerprint density at radius 2 is 2.07 bits per heavy atom. The van der Waals surface area contributed by atoms with Gasteiger partial charge in [0, 0.05) is 26.1 Å². The number of carbonyl (C=O) groups is 1. The molecule has 0 aromatic heterocycles. The maximum Gasteiger partial charge on any atom is 0.223 e. The molecule has 0 spiro atoms. The molecular weight excluding hydrogens is 188 g/mol. The molecule has 0 aromatic rings. The van der Waals surface area contributed by atoms with Crippen LogP contribution in [0.3, 0.4) is 0 Å². The zero-order valence-corrected chi connectivity index (χ0v) is 10.3. The summed E-state index contributed by atoms with van der Waals surface area (Å²) in [6.07, 6.45) is 4.16. The smallest absolute Gasteiger partial charge is 0.223 e. The summed E-state index contributed by atoms with van der Waals surface area (Å²) in [5.74, 6) is 0.307. The van der Waals surface area contributed by atoms with Crippen LogP contribution in [-0.4, -0.2) is 37.5 Å². The van der Waals surface area contributed by atoms with Crippen molar-refractivity contribution in [3.63, 3.8) is 0 Å². The molecule has 1 aliphatic rings. The van der Waals surface area contributed by atoms with Gasteiger partial charge in [0.2, 0.25) is 5.91 Å². The summed E-state index contributed by atoms with van der Waals surface area (Å²) in [6.45, 7) is 7.28. The Hall–Kier alpha value is -0.570. The van der Waals surface area contributed by atoms with Crippen molar-refractivity contribution in [2.24, 2.45) is 5.41 Å². The van der Waals surface area contributed by atoms with Crippen molar-refractivity contribution in [3.8, 4) is 0 Å². The predicted octanol–water partition coefficient (Wildman–Crippen LogP) is 1.63. The van der Waals surface area contributed by atoms with Crippen LogP contribution in [0, 0.1) is 5.41 Å². The van der Waals surface area contributed by atoms with Crippen LogP contribution in [0.1, 0.15) is 39.5 Å². The maximum atomic E-state index is 11.8. The highest BCUT2D eigenvalue weighted by molar-refractivity contribution is 5.76. The van der Waals surface area contributed by atoms with E-state index in [1.165, 1.54) is 6.42 Å². The molecule has 3 nitrogen and oxygen atoms in total. The summed E-state index contributed by atoms with van der Waals surface area (Å²) >= 11 is 0. The van der Waals surface area contributed by atoms with Crippen LogP contribution in [-0.2, 0) is 4.79 Å². The molecule has 1 saturated heterocycles. The van der Waals surface area contributed by atoms with Gasteiger partial charge in [-0.2, -0.15) is 0 Å². The van der Waals surface area contributed by atoms with Crippen molar-refractivity contribution in [1.82, 2.24) is 10.2 Å². The molecule has 88 valence electrons. The molecule has 1 fully saturated rings. The van der Waals surface area contributed by atoms with E-state index in [4.69, 9.17) is 0 Å². The van der Waals surface area contributed by atoms with Gasteiger partial charge in [-0.05, 0) is 31.7 Å². The molecule has 0 aliphatic carbocycles. The summed E-state index contributed by atoms with van der Waals surface area (Å²) in [4.78, 5) is 13.8. The highest BCUT2D eigenvalue weighted by Crippen LogP contribution is 2.29. The lowest BCUT2D eigenvalue weighted by atomic mass is 9.85. The molecule has 0 unspecified atom stereocenters. The lowest BCUT2D eigenvalue weighted by Gasteiger charge is -2.23. The number of nitrogens with zero attached hydrogens (tertiary/aromatic N) is 1. The van der Waals surface area contributed by atoms with E-state index in [2.05, 4.69) is 19.2 Å². The third-order valence-electron chi connectivity index (χ3n) is 3.28. The van der Waals surface area contributed by atoms with Crippen LogP contribution < -0.4 is 5.32 Å². The van der Waals surface area contributed by atoms with Crippen molar-refractivity contribution in [3.05, 3.63) is 0 Å². The summed E-state index contributed by atoms with van der Waals surface area (Å²) < 4.78 is 0. The molecule has 1 aliphatic heterocycles. The number of carbonyl (C=O) groups excluding carboxylic acids is 1. The standard InChI is InChI=1S/C12H24N2O/c1-12(2)6-4-9-14(10-7-12)11(15)5-8-13-3/h13H,4-10H2,1-3H3. The van der Waals surface area contributed by atoms with Crippen molar-refractivity contribution in [2.75, 3.05) is 26.7 Å². The average Bonchev–Trinajstić information content (AvgIpc) is 2.36. The topological polar surface area (TPSA) is 32.3 Å². The normalized spacial score (nSPS) is 21.1. The van der Waals surface area contributed by atoms with Gasteiger partial charge < -0.3 is 10.2 Å². The van der Waals surface area contributed by atoms with Crippen LogP contribution in [0.25, 0.3) is 0 Å². The van der Waals surface area contributed by atoms with E-state index in [1.54, 1.807) is 0 Å². The Bertz CT molecular complexity index is 214. The largest absolute Gasteiger partial charge is 0.343 e. The number of hydrogen-bond acceptors (Lipinski definition) is 2. The van der Waals surface area contributed by atoms with Crippen LogP contribution in [0.2, 0.25) is 0 Å². The summed E-state index contributed by atoms with van der Waals surface area (Å²) in [7, 11) is 1.89. The zero-order chi connectivity index (χ0) is 11.3. The average molecular weight is 212 g/mol. The third kappa shape index (κ3) is 4.20. The highest BCUT2D eigenvalue weighted by atomic mass is 16.2. The molecule has 15 heavy (non-hydrogen) atoms. The van der Waals surface area contributed by atoms with Gasteiger partial charge in [-0.3, -0.25) is 4.79 Å². The molecule has 1 rings (SSSR count). The SMILES string of the molecule is CNCCC(=O)N1CCCC(C)(C)CC1. The lowest BCUT2D eigenvalue weighted by molar-refractivity contribution is -0.131. The quantitative estimate of drug-likeness (QED) is 0.771. The van der Waals surface area contributed by atoms with E-state index in [-0.39, 0.29) is 0 Å². The molecule has 0 bridgehead atoms. The first-order valence-electron chi connectivity index (χ1n) is 5.97. The van der Waals surface area contributed by atoms with E-state index in [9.17, 15) is 4.79 Å². The molecule has 0 atom stereocenters. The Balaban J connectivity index is 2.40. The minimum absolute atomic E-state index is 0.307. The molecule has 3 heteroatoms. The number of amides is 1. The number of likely N-dealkylation sites (tertiary alicyclic amines) is 1. The zero-order valence-electron chi connectivity index (χ0n) is 10.3. The number of hydrogen-bond donors (Lipinski definition) is 1. The van der Waals surface area contributed by atoms with Gasteiger partial charge in [0.25, 0.3) is 0 Å². The van der Waals surface area contributed by atoms with Crippen LogP contribution in [0.4, 0.5) is 0 Å². The minimum Gasteiger partial charge on any atom is -0.343 e. The molecule has 0 aromatic carbocycles. The van der Waals surface area contributed by atoms with Crippen LogP contribution in [0.15, 0.2) is 0 Å². The van der Waals surface area contributed by atoms with E-state index >= 15 is 0 Å². The van der Waals surface area contributed by atoms with E-state index in [1.807, 2.05) is 11.9 Å². The fraction of sp³-hybridized carbons (Fsp3) is 0.917. The van der Waals surface area contributed by atoms with Gasteiger partial charge in [-0.1, -0.05) is 13.8 Å². The third-order valence-corrected chi connectivity index (χ3v) is 3.28. The van der Waals surface area contributed by atoms with Crippen LogP contribution in [0.5, 0.6) is 0 Å². The minimum atomic E-state index is 0.307. The molecule has 1 amide bonds. The van der Waals surface area contributed by atoms with Gasteiger partial charge in [-0.15, -0.1) is 0 Å². The Morgan fingerprint density at radius 1 is 1.33 bits per heavy atom. The number of rotatable bonds is 3. The summed E-state index contributed by atoms with van der Waals surface area (Å²) in [6, 6.07) is 0. The van der Waals surface area contributed by atoms with E-state index < -0.39 is 0 Å². The second-order valence-corrected chi connectivity index (χ2v) is 5.25. The Morgan fingerprint density at radius 3 is 2.73 bits per heavy atom. The highest BCUT2D eigenvalue weighted by Gasteiger charge is 2.24. The van der Waals surface area contributed by atoms with Crippen molar-refractivity contribution in [1.29, 1.82) is 0 Å². The molecule has 1 heterocycles. The predicted molar refractivity (Wildman–Crippen MR) is 62.8 cm³/mol. The van der Waals surface area contributed by atoms with Gasteiger partial charge in [-0.25, -0.2) is 0 Å². The van der Waals surface area contributed by atoms with Gasteiger partial charge in [0.05, 0.1) is 0 Å². The summed E-state index contributed by atoms with van der Waals surface area (Å²) in [5, 5.41) is 3.02. The second-order valence-electron chi connectivity index (χ2n) is 5.25. The fourth-order valence-corrected chi connectivity index (χ4v) is 2.06. The fourth-order valence-electron chi connectivity index (χ4n) is 2.06. The van der Waals surface area contributed by atoms with Crippen molar-refractivity contribution >= 4 is 5.91 Å². The van der Waals surface area contributed by atoms with Gasteiger partial charge in [0.15, 0.2) is 0 Å². The molecular formula is C12H24N2O. The van der Waals surface area contributed by atoms with Crippen LogP contribution >= 0.6 is 0 Å². The second kappa shape index (κ2) is 5.50. The van der Waals surface area contributed by atoms with Crippen molar-refractivity contribution < 1.29 is 4.79 Å². The van der Waals surface area contributed by atoms with Crippen molar-refractivity contribution in [2.45, 2.75) is 39.5 Å². The first kappa shape index (κ1) is 12.5. The Kier molecular flexibility index (Phi) is 4.58. The lowest BCUT2D eigenvalue weighted by Crippen LogP contribution is -2.33. The number of nitrogens with one attached hydrogen (secondary N) is 1. The summed E-state index contributed by atoms with van der Waals surface area (Å²) in [5.41, 5.74) is 0.415. The van der Waals surface area contributed by atoms with E-state index in [0.717, 1.165) is 32.5 Å². The monoisotopic (exact) mass is 212 g/mol. The van der Waals surface area contributed by atoms with Gasteiger partial charge >= 0.3 is 0 Å².